The fraction of sp³-hybridized carbons (Fsp3) is 0.222. The number of rotatable bonds is 1. The highest BCUT2D eigenvalue weighted by molar-refractivity contribution is 5.98. The van der Waals surface area contributed by atoms with Crippen molar-refractivity contribution in [2.45, 2.75) is 0 Å². The zero-order chi connectivity index (χ0) is 10.3. The predicted octanol–water partition coefficient (Wildman–Crippen LogP) is 0.914. The number of nitrogens with one attached hydrogen (secondary N) is 1. The first kappa shape index (κ1) is 8.22. The van der Waals surface area contributed by atoms with E-state index in [-0.39, 0.29) is 6.09 Å². The van der Waals surface area contributed by atoms with Gasteiger partial charge in [0.25, 0.3) is 0 Å². The number of aromatic nitrogens is 3. The van der Waals surface area contributed by atoms with E-state index in [1.165, 1.54) is 0 Å². The van der Waals surface area contributed by atoms with E-state index in [2.05, 4.69) is 15.4 Å². The number of fused-ring (bicyclic) bond motifs is 1. The van der Waals surface area contributed by atoms with Crippen LogP contribution >= 0.6 is 0 Å². The number of ether oxygens (including phenoxy) is 1. The topological polar surface area (TPSA) is 71.1 Å². The Kier molecular flexibility index (Phi) is 1.61. The summed E-state index contributed by atoms with van der Waals surface area (Å²) in [5, 5.41) is 10.4. The average molecular weight is 204 g/mol. The van der Waals surface area contributed by atoms with Gasteiger partial charge in [0.15, 0.2) is 0 Å². The highest BCUT2D eigenvalue weighted by atomic mass is 16.6. The maximum atomic E-state index is 11.4. The first-order valence-corrected chi connectivity index (χ1v) is 4.60. The van der Waals surface area contributed by atoms with Gasteiger partial charge >= 0.3 is 6.09 Å². The van der Waals surface area contributed by atoms with Crippen molar-refractivity contribution in [2.75, 3.05) is 18.1 Å². The average Bonchev–Trinajstić information content (AvgIpc) is 2.85. The smallest absolute Gasteiger partial charge is 0.414 e. The van der Waals surface area contributed by atoms with Gasteiger partial charge in [-0.1, -0.05) is 11.3 Å². The van der Waals surface area contributed by atoms with E-state index in [0.29, 0.717) is 18.7 Å². The molecule has 15 heavy (non-hydrogen) atoms. The lowest BCUT2D eigenvalue weighted by atomic mass is 10.2. The van der Waals surface area contributed by atoms with Gasteiger partial charge in [-0.25, -0.2) is 4.79 Å². The van der Waals surface area contributed by atoms with E-state index in [0.717, 1.165) is 11.2 Å². The summed E-state index contributed by atoms with van der Waals surface area (Å²) in [6.45, 7) is 0.984. The molecule has 0 bridgehead atoms. The molecule has 1 amide bonds. The van der Waals surface area contributed by atoms with Crippen molar-refractivity contribution in [1.82, 2.24) is 15.4 Å². The maximum absolute atomic E-state index is 11.4. The third-order valence-corrected chi connectivity index (χ3v) is 2.39. The van der Waals surface area contributed by atoms with Crippen LogP contribution in [-0.4, -0.2) is 34.7 Å². The summed E-state index contributed by atoms with van der Waals surface area (Å²) in [4.78, 5) is 12.9. The summed E-state index contributed by atoms with van der Waals surface area (Å²) in [5.41, 5.74) is 2.24. The second-order valence-corrected chi connectivity index (χ2v) is 3.25. The van der Waals surface area contributed by atoms with Crippen LogP contribution in [0.4, 0.5) is 10.5 Å². The predicted molar refractivity (Wildman–Crippen MR) is 52.6 cm³/mol. The molecule has 1 aliphatic heterocycles. The van der Waals surface area contributed by atoms with Crippen LogP contribution in [0.1, 0.15) is 0 Å². The first-order chi connectivity index (χ1) is 7.36. The Labute approximate surface area is 84.8 Å². The van der Waals surface area contributed by atoms with Crippen LogP contribution in [0.2, 0.25) is 0 Å². The third kappa shape index (κ3) is 1.14. The van der Waals surface area contributed by atoms with E-state index in [9.17, 15) is 4.79 Å². The van der Waals surface area contributed by atoms with Crippen LogP contribution in [0.5, 0.6) is 0 Å². The Morgan fingerprint density at radius 2 is 2.40 bits per heavy atom. The SMILES string of the molecule is O=C1OCCN1c1cccc2[nH]nnc12. The summed E-state index contributed by atoms with van der Waals surface area (Å²) < 4.78 is 4.87. The van der Waals surface area contributed by atoms with Gasteiger partial charge in [-0.15, -0.1) is 5.10 Å². The number of anilines is 1. The minimum Gasteiger partial charge on any atom is -0.447 e. The molecule has 0 saturated carbocycles. The van der Waals surface area contributed by atoms with E-state index in [4.69, 9.17) is 4.74 Å². The van der Waals surface area contributed by atoms with Crippen molar-refractivity contribution < 1.29 is 9.53 Å². The number of nitrogens with zero attached hydrogens (tertiary/aromatic N) is 3. The standard InChI is InChI=1S/C9H8N4O2/c14-9-13(4-5-15-9)7-3-1-2-6-8(7)11-12-10-6/h1-3H,4-5H2,(H,10,11,12). The van der Waals surface area contributed by atoms with Crippen molar-refractivity contribution in [3.05, 3.63) is 18.2 Å². The van der Waals surface area contributed by atoms with Gasteiger partial charge in [0.05, 0.1) is 17.7 Å². The van der Waals surface area contributed by atoms with Gasteiger partial charge in [-0.05, 0) is 12.1 Å². The molecular formula is C9H8N4O2. The zero-order valence-corrected chi connectivity index (χ0v) is 7.80. The van der Waals surface area contributed by atoms with Crippen LogP contribution in [0.15, 0.2) is 18.2 Å². The Balaban J connectivity index is 2.17. The number of hydrogen-bond donors (Lipinski definition) is 1. The molecule has 2 aromatic rings. The fourth-order valence-corrected chi connectivity index (χ4v) is 1.69. The van der Waals surface area contributed by atoms with Crippen molar-refractivity contribution in [2.24, 2.45) is 0 Å². The summed E-state index contributed by atoms with van der Waals surface area (Å²) in [7, 11) is 0. The van der Waals surface area contributed by atoms with Gasteiger partial charge in [-0.3, -0.25) is 10.00 Å². The van der Waals surface area contributed by atoms with Crippen LogP contribution in [-0.2, 0) is 4.74 Å². The summed E-state index contributed by atoms with van der Waals surface area (Å²) >= 11 is 0. The van der Waals surface area contributed by atoms with E-state index in [1.54, 1.807) is 4.90 Å². The normalized spacial score (nSPS) is 16.0. The molecule has 6 heteroatoms. The van der Waals surface area contributed by atoms with E-state index >= 15 is 0 Å². The molecule has 1 aliphatic rings. The minimum absolute atomic E-state index is 0.328. The molecule has 0 atom stereocenters. The highest BCUT2D eigenvalue weighted by Gasteiger charge is 2.25. The summed E-state index contributed by atoms with van der Waals surface area (Å²) in [5.74, 6) is 0. The van der Waals surface area contributed by atoms with Crippen LogP contribution in [0.25, 0.3) is 11.0 Å². The molecule has 0 radical (unpaired) electrons. The summed E-state index contributed by atoms with van der Waals surface area (Å²) in [6.07, 6.45) is -0.328. The Morgan fingerprint density at radius 1 is 1.47 bits per heavy atom. The van der Waals surface area contributed by atoms with Gasteiger partial charge < -0.3 is 4.74 Å². The maximum Gasteiger partial charge on any atom is 0.414 e. The number of cyclic esters (lactones) is 1. The number of carbonyl (C=O) groups excluding carboxylic acids is 1. The molecule has 1 N–H and O–H groups in total. The van der Waals surface area contributed by atoms with E-state index < -0.39 is 0 Å². The Bertz CT molecular complexity index is 522. The molecule has 0 aliphatic carbocycles. The number of H-pyrrole nitrogens is 1. The lowest BCUT2D eigenvalue weighted by Crippen LogP contribution is -2.23. The van der Waals surface area contributed by atoms with Crippen LogP contribution in [0.3, 0.4) is 0 Å². The Morgan fingerprint density at radius 3 is 3.20 bits per heavy atom. The molecule has 1 saturated heterocycles. The van der Waals surface area contributed by atoms with Gasteiger partial charge in [0.1, 0.15) is 12.1 Å². The number of hydrogen-bond acceptors (Lipinski definition) is 4. The third-order valence-electron chi connectivity index (χ3n) is 2.39. The quantitative estimate of drug-likeness (QED) is 0.749. The van der Waals surface area contributed by atoms with Gasteiger partial charge in [0.2, 0.25) is 0 Å². The summed E-state index contributed by atoms with van der Waals surface area (Å²) in [6, 6.07) is 5.54. The fourth-order valence-electron chi connectivity index (χ4n) is 1.69. The Hall–Kier alpha value is -2.11. The van der Waals surface area contributed by atoms with Crippen LogP contribution < -0.4 is 4.90 Å². The molecule has 3 rings (SSSR count). The molecule has 0 unspecified atom stereocenters. The highest BCUT2D eigenvalue weighted by Crippen LogP contribution is 2.25. The molecule has 1 aromatic carbocycles. The molecule has 6 nitrogen and oxygen atoms in total. The largest absolute Gasteiger partial charge is 0.447 e. The van der Waals surface area contributed by atoms with Crippen molar-refractivity contribution in [3.63, 3.8) is 0 Å². The van der Waals surface area contributed by atoms with E-state index in [1.807, 2.05) is 18.2 Å². The molecule has 0 spiro atoms. The molecular weight excluding hydrogens is 196 g/mol. The lowest BCUT2D eigenvalue weighted by Gasteiger charge is -2.11. The van der Waals surface area contributed by atoms with Crippen LogP contribution in [0, 0.1) is 0 Å². The van der Waals surface area contributed by atoms with Crippen molar-refractivity contribution >= 4 is 22.8 Å². The van der Waals surface area contributed by atoms with Crippen molar-refractivity contribution in [1.29, 1.82) is 0 Å². The number of carbonyl (C=O) groups is 1. The number of benzene rings is 1. The van der Waals surface area contributed by atoms with Gasteiger partial charge in [-0.2, -0.15) is 0 Å². The minimum atomic E-state index is -0.328. The zero-order valence-electron chi connectivity index (χ0n) is 7.80. The molecule has 2 heterocycles. The molecule has 76 valence electrons. The van der Waals surface area contributed by atoms with Gasteiger partial charge in [0, 0.05) is 0 Å². The first-order valence-electron chi connectivity index (χ1n) is 4.60. The molecule has 1 aromatic heterocycles. The number of aromatic amines is 1. The second-order valence-electron chi connectivity index (χ2n) is 3.25. The molecule has 1 fully saturated rings. The second kappa shape index (κ2) is 2.94. The monoisotopic (exact) mass is 204 g/mol. The lowest BCUT2D eigenvalue weighted by molar-refractivity contribution is 0.181. The number of amides is 1. The van der Waals surface area contributed by atoms with Crippen molar-refractivity contribution in [3.8, 4) is 0 Å².